The van der Waals surface area contributed by atoms with Gasteiger partial charge in [0.25, 0.3) is 0 Å². The van der Waals surface area contributed by atoms with Gasteiger partial charge in [-0.15, -0.1) is 0 Å². The molecule has 0 saturated heterocycles. The SMILES string of the molecule is O=S(=O)(O)C(F)(F)F.c1c[te]cn1. The van der Waals surface area contributed by atoms with Crippen LogP contribution in [0.15, 0.2) is 14.5 Å². The molecule has 0 bridgehead atoms. The second-order valence-corrected chi connectivity index (χ2v) is 5.16. The molecule has 0 aliphatic carbocycles. The van der Waals surface area contributed by atoms with Crippen molar-refractivity contribution in [1.29, 1.82) is 0 Å². The van der Waals surface area contributed by atoms with Gasteiger partial charge in [0.1, 0.15) is 0 Å². The van der Waals surface area contributed by atoms with E-state index in [2.05, 4.69) is 9.07 Å². The topological polar surface area (TPSA) is 67.3 Å². The van der Waals surface area contributed by atoms with Gasteiger partial charge < -0.3 is 0 Å². The molecular weight excluding hydrogens is 327 g/mol. The molecule has 0 atom stereocenters. The Hall–Kier alpha value is -0.100. The van der Waals surface area contributed by atoms with E-state index in [-0.39, 0.29) is 20.4 Å². The van der Waals surface area contributed by atoms with E-state index in [1.807, 2.05) is 10.4 Å². The standard InChI is InChI=1S/C3H3NTe.CHF3O3S/c1-2-5-3-4-1;2-1(3,4)8(5,6)7/h1-3H;(H,5,6,7). The summed E-state index contributed by atoms with van der Waals surface area (Å²) in [6, 6.07) is 0. The maximum absolute atomic E-state index is 10.7. The Bertz CT molecular complexity index is 302. The molecule has 0 saturated carbocycles. The first-order chi connectivity index (χ1) is 5.75. The molecule has 0 amide bonds. The van der Waals surface area contributed by atoms with Crippen LogP contribution in [0.3, 0.4) is 0 Å². The zero-order chi connectivity index (χ0) is 10.5. The first kappa shape index (κ1) is 12.9. The number of nitrogens with zero attached hydrogens (tertiary/aromatic N) is 1. The van der Waals surface area contributed by atoms with Crippen molar-refractivity contribution in [2.75, 3.05) is 0 Å². The van der Waals surface area contributed by atoms with Gasteiger partial charge in [-0.25, -0.2) is 0 Å². The molecule has 4 nitrogen and oxygen atoms in total. The predicted octanol–water partition coefficient (Wildman–Crippen LogP) is 0.533. The molecule has 1 heterocycles. The van der Waals surface area contributed by atoms with Crippen LogP contribution in [0.2, 0.25) is 0 Å². The summed E-state index contributed by atoms with van der Waals surface area (Å²) < 4.78 is 61.7. The molecular formula is C4H4F3NO3STe. The van der Waals surface area contributed by atoms with Gasteiger partial charge in [0.15, 0.2) is 0 Å². The number of rotatable bonds is 0. The van der Waals surface area contributed by atoms with Crippen molar-refractivity contribution in [3.8, 4) is 0 Å². The van der Waals surface area contributed by atoms with Crippen molar-refractivity contribution in [3.05, 3.63) is 14.5 Å². The zero-order valence-corrected chi connectivity index (χ0v) is 9.04. The maximum atomic E-state index is 10.7. The van der Waals surface area contributed by atoms with Gasteiger partial charge in [-0.2, -0.15) is 21.6 Å². The molecule has 1 aromatic rings. The molecule has 0 radical (unpaired) electrons. The van der Waals surface area contributed by atoms with Crippen molar-refractivity contribution < 1.29 is 26.1 Å². The van der Waals surface area contributed by atoms with Gasteiger partial charge in [0.05, 0.1) is 0 Å². The zero-order valence-electron chi connectivity index (χ0n) is 5.89. The van der Waals surface area contributed by atoms with E-state index in [9.17, 15) is 13.2 Å². The fourth-order valence-electron chi connectivity index (χ4n) is 0.176. The van der Waals surface area contributed by atoms with E-state index in [0.717, 1.165) is 0 Å². The Morgan fingerprint density at radius 3 is 1.92 bits per heavy atom. The quantitative estimate of drug-likeness (QED) is 0.428. The molecule has 0 aromatic carbocycles. The summed E-state index contributed by atoms with van der Waals surface area (Å²) in [6.45, 7) is 0. The van der Waals surface area contributed by atoms with Crippen LogP contribution in [0.4, 0.5) is 13.2 Å². The Labute approximate surface area is 81.8 Å². The third kappa shape index (κ3) is 6.04. The van der Waals surface area contributed by atoms with E-state index in [4.69, 9.17) is 13.0 Å². The number of hydrogen-bond donors (Lipinski definition) is 1. The predicted molar refractivity (Wildman–Crippen MR) is 38.8 cm³/mol. The van der Waals surface area contributed by atoms with E-state index < -0.39 is 15.6 Å². The molecule has 13 heavy (non-hydrogen) atoms. The average molecular weight is 331 g/mol. The molecule has 1 N–H and O–H groups in total. The van der Waals surface area contributed by atoms with Crippen LogP contribution in [0.5, 0.6) is 0 Å². The summed E-state index contributed by atoms with van der Waals surface area (Å²) in [4.78, 5) is 3.84. The number of alkyl halides is 3. The Morgan fingerprint density at radius 2 is 1.85 bits per heavy atom. The van der Waals surface area contributed by atoms with Gasteiger partial charge in [0, 0.05) is 0 Å². The first-order valence-electron chi connectivity index (χ1n) is 2.61. The van der Waals surface area contributed by atoms with E-state index in [1.54, 1.807) is 0 Å². The normalized spacial score (nSPS) is 11.7. The van der Waals surface area contributed by atoms with Crippen molar-refractivity contribution in [2.45, 2.75) is 5.51 Å². The molecule has 76 valence electrons. The average Bonchev–Trinajstić information content (AvgIpc) is 2.35. The van der Waals surface area contributed by atoms with E-state index in [1.165, 1.54) is 0 Å². The van der Waals surface area contributed by atoms with Gasteiger partial charge in [-0.05, 0) is 0 Å². The summed E-state index contributed by atoms with van der Waals surface area (Å²) in [5.74, 6) is 0. The minimum atomic E-state index is -5.84. The van der Waals surface area contributed by atoms with Gasteiger partial charge in [-0.3, -0.25) is 4.55 Å². The Morgan fingerprint density at radius 1 is 1.38 bits per heavy atom. The number of aromatic nitrogens is 1. The summed E-state index contributed by atoms with van der Waals surface area (Å²) in [6.07, 6.45) is 1.86. The molecule has 0 fully saturated rings. The van der Waals surface area contributed by atoms with Crippen molar-refractivity contribution in [2.24, 2.45) is 0 Å². The van der Waals surface area contributed by atoms with E-state index in [0.29, 0.717) is 0 Å². The fourth-order valence-corrected chi connectivity index (χ4v) is 1.18. The van der Waals surface area contributed by atoms with Crippen LogP contribution >= 0.6 is 0 Å². The molecule has 0 unspecified atom stereocenters. The van der Waals surface area contributed by atoms with Crippen LogP contribution in [-0.2, 0) is 10.1 Å². The number of hydrogen-bond acceptors (Lipinski definition) is 3. The third-order valence-electron chi connectivity index (χ3n) is 0.640. The van der Waals surface area contributed by atoms with Crippen molar-refractivity contribution in [1.82, 2.24) is 4.98 Å². The van der Waals surface area contributed by atoms with Crippen LogP contribution in [0.25, 0.3) is 0 Å². The summed E-state index contributed by atoms with van der Waals surface area (Å²) in [5, 5.41) is 0. The molecule has 0 spiro atoms. The third-order valence-corrected chi connectivity index (χ3v) is 2.72. The molecule has 1 rings (SSSR count). The van der Waals surface area contributed by atoms with Crippen LogP contribution in [0, 0.1) is 0 Å². The van der Waals surface area contributed by atoms with Crippen LogP contribution in [0.1, 0.15) is 0 Å². The first-order valence-corrected chi connectivity index (χ1v) is 6.74. The molecule has 1 aromatic heterocycles. The van der Waals surface area contributed by atoms with Crippen molar-refractivity contribution >= 4 is 30.5 Å². The van der Waals surface area contributed by atoms with Crippen molar-refractivity contribution in [3.63, 3.8) is 0 Å². The van der Waals surface area contributed by atoms with Gasteiger partial charge in [0.2, 0.25) is 0 Å². The molecule has 9 heteroatoms. The summed E-state index contributed by atoms with van der Waals surface area (Å²) in [7, 11) is -5.84. The number of halogens is 3. The van der Waals surface area contributed by atoms with Gasteiger partial charge in [-0.1, -0.05) is 0 Å². The summed E-state index contributed by atoms with van der Waals surface area (Å²) >= 11 is 0.132. The second-order valence-electron chi connectivity index (χ2n) is 1.60. The monoisotopic (exact) mass is 333 g/mol. The molecule has 0 aliphatic heterocycles. The second kappa shape index (κ2) is 4.95. The summed E-state index contributed by atoms with van der Waals surface area (Å²) in [5.41, 5.74) is -5.53. The Kier molecular flexibility index (Phi) is 4.91. The van der Waals surface area contributed by atoms with Gasteiger partial charge >= 0.3 is 55.5 Å². The Balaban J connectivity index is 0.000000243. The van der Waals surface area contributed by atoms with Crippen LogP contribution in [-0.4, -0.2) is 43.9 Å². The van der Waals surface area contributed by atoms with Crippen LogP contribution < -0.4 is 0 Å². The molecule has 0 aliphatic rings. The minimum absolute atomic E-state index is 0.132. The fraction of sp³-hybridized carbons (Fsp3) is 0.250. The van der Waals surface area contributed by atoms with E-state index >= 15 is 0 Å².